The van der Waals surface area contributed by atoms with Crippen molar-refractivity contribution in [2.75, 3.05) is 25.5 Å². The summed E-state index contributed by atoms with van der Waals surface area (Å²) in [6.45, 7) is 6.07. The van der Waals surface area contributed by atoms with Gasteiger partial charge in [0.2, 0.25) is 0 Å². The molecule has 4 heteroatoms. The van der Waals surface area contributed by atoms with Crippen LogP contribution in [0.15, 0.2) is 0 Å². The van der Waals surface area contributed by atoms with Gasteiger partial charge in [0.15, 0.2) is 0 Å². The van der Waals surface area contributed by atoms with Gasteiger partial charge in [0.1, 0.15) is 5.82 Å². The van der Waals surface area contributed by atoms with Gasteiger partial charge in [-0.15, -0.1) is 0 Å². The molecule has 1 heterocycles. The number of hydrogen-bond acceptors (Lipinski definition) is 3. The Balaban J connectivity index is 3.10. The number of rotatable bonds is 4. The van der Waals surface area contributed by atoms with E-state index in [2.05, 4.69) is 36.2 Å². The summed E-state index contributed by atoms with van der Waals surface area (Å²) in [7, 11) is 6.05. The fourth-order valence-electron chi connectivity index (χ4n) is 1.70. The topological polar surface area (TPSA) is 33.1 Å². The molecule has 0 saturated carbocycles. The molecule has 0 atom stereocenters. The number of aromatic nitrogens is 2. The third-order valence-corrected chi connectivity index (χ3v) is 2.50. The molecule has 0 spiro atoms. The molecule has 0 bridgehead atoms. The van der Waals surface area contributed by atoms with Crippen molar-refractivity contribution in [2.24, 2.45) is 7.05 Å². The monoisotopic (exact) mass is 196 g/mol. The third-order valence-electron chi connectivity index (χ3n) is 2.50. The highest BCUT2D eigenvalue weighted by molar-refractivity contribution is 5.49. The summed E-state index contributed by atoms with van der Waals surface area (Å²) in [5, 5.41) is 7.61. The molecule has 80 valence electrons. The normalized spacial score (nSPS) is 10.6. The number of anilines is 1. The minimum atomic E-state index is 0.874. The summed E-state index contributed by atoms with van der Waals surface area (Å²) >= 11 is 0. The van der Waals surface area contributed by atoms with Crippen LogP contribution in [0.25, 0.3) is 0 Å². The second-order valence-electron chi connectivity index (χ2n) is 3.56. The first kappa shape index (κ1) is 11.0. The number of aryl methyl sites for hydroxylation is 2. The highest BCUT2D eigenvalue weighted by Gasteiger charge is 2.14. The summed E-state index contributed by atoms with van der Waals surface area (Å²) in [6, 6.07) is 0. The largest absolute Gasteiger partial charge is 0.360 e. The van der Waals surface area contributed by atoms with Gasteiger partial charge >= 0.3 is 0 Å². The van der Waals surface area contributed by atoms with E-state index in [0.29, 0.717) is 0 Å². The summed E-state index contributed by atoms with van der Waals surface area (Å²) < 4.78 is 1.95. The van der Waals surface area contributed by atoms with E-state index in [-0.39, 0.29) is 0 Å². The number of hydrogen-bond donors (Lipinski definition) is 1. The molecule has 0 aliphatic carbocycles. The molecule has 0 unspecified atom stereocenters. The van der Waals surface area contributed by atoms with Gasteiger partial charge in [-0.25, -0.2) is 0 Å². The maximum absolute atomic E-state index is 4.43. The Kier molecular flexibility index (Phi) is 3.52. The standard InChI is InChI=1S/C10H20N4/c1-6-13(4)10-9(7-11-3)8(2)12-14(10)5/h11H,6-7H2,1-5H3. The van der Waals surface area contributed by atoms with E-state index >= 15 is 0 Å². The molecule has 1 rings (SSSR count). The lowest BCUT2D eigenvalue weighted by Gasteiger charge is -2.18. The molecule has 0 radical (unpaired) electrons. The second kappa shape index (κ2) is 4.46. The van der Waals surface area contributed by atoms with Crippen molar-refractivity contribution in [3.05, 3.63) is 11.3 Å². The lowest BCUT2D eigenvalue weighted by Crippen LogP contribution is -2.21. The number of nitrogens with zero attached hydrogens (tertiary/aromatic N) is 3. The second-order valence-corrected chi connectivity index (χ2v) is 3.56. The SMILES string of the molecule is CCN(C)c1c(CNC)c(C)nn1C. The fourth-order valence-corrected chi connectivity index (χ4v) is 1.70. The van der Waals surface area contributed by atoms with E-state index in [4.69, 9.17) is 0 Å². The first-order chi connectivity index (χ1) is 6.61. The predicted molar refractivity (Wildman–Crippen MR) is 59.7 cm³/mol. The Labute approximate surface area is 85.9 Å². The third kappa shape index (κ3) is 1.90. The molecular weight excluding hydrogens is 176 g/mol. The van der Waals surface area contributed by atoms with E-state index in [1.165, 1.54) is 11.4 Å². The Bertz CT molecular complexity index is 303. The Hall–Kier alpha value is -1.03. The molecule has 4 nitrogen and oxygen atoms in total. The van der Waals surface area contributed by atoms with Gasteiger partial charge in [-0.2, -0.15) is 5.10 Å². The minimum Gasteiger partial charge on any atom is -0.360 e. The molecule has 0 aliphatic rings. The summed E-state index contributed by atoms with van der Waals surface area (Å²) in [6.07, 6.45) is 0. The van der Waals surface area contributed by atoms with Crippen molar-refractivity contribution in [2.45, 2.75) is 20.4 Å². The maximum Gasteiger partial charge on any atom is 0.131 e. The van der Waals surface area contributed by atoms with Crippen molar-refractivity contribution in [1.82, 2.24) is 15.1 Å². The zero-order chi connectivity index (χ0) is 10.7. The Morgan fingerprint density at radius 1 is 1.50 bits per heavy atom. The first-order valence-corrected chi connectivity index (χ1v) is 5.00. The molecule has 1 aromatic rings. The molecule has 0 amide bonds. The van der Waals surface area contributed by atoms with Gasteiger partial charge in [0.25, 0.3) is 0 Å². The van der Waals surface area contributed by atoms with E-state index < -0.39 is 0 Å². The Morgan fingerprint density at radius 3 is 2.64 bits per heavy atom. The van der Waals surface area contributed by atoms with Crippen molar-refractivity contribution in [1.29, 1.82) is 0 Å². The van der Waals surface area contributed by atoms with Crippen LogP contribution in [0.2, 0.25) is 0 Å². The molecular formula is C10H20N4. The van der Waals surface area contributed by atoms with Crippen molar-refractivity contribution >= 4 is 5.82 Å². The van der Waals surface area contributed by atoms with Gasteiger partial charge in [0, 0.05) is 32.7 Å². The molecule has 1 N–H and O–H groups in total. The molecule has 14 heavy (non-hydrogen) atoms. The van der Waals surface area contributed by atoms with Gasteiger partial charge in [-0.05, 0) is 20.9 Å². The van der Waals surface area contributed by atoms with Crippen LogP contribution in [-0.2, 0) is 13.6 Å². The average Bonchev–Trinajstić information content (AvgIpc) is 2.42. The smallest absolute Gasteiger partial charge is 0.131 e. The zero-order valence-electron chi connectivity index (χ0n) is 9.76. The van der Waals surface area contributed by atoms with E-state index in [1.54, 1.807) is 0 Å². The number of nitrogens with one attached hydrogen (secondary N) is 1. The van der Waals surface area contributed by atoms with Gasteiger partial charge in [-0.3, -0.25) is 4.68 Å². The van der Waals surface area contributed by atoms with Gasteiger partial charge in [-0.1, -0.05) is 0 Å². The van der Waals surface area contributed by atoms with Gasteiger partial charge < -0.3 is 10.2 Å². The summed E-state index contributed by atoms with van der Waals surface area (Å²) in [5.41, 5.74) is 2.40. The van der Waals surface area contributed by atoms with Gasteiger partial charge in [0.05, 0.1) is 5.69 Å². The highest BCUT2D eigenvalue weighted by atomic mass is 15.4. The fraction of sp³-hybridized carbons (Fsp3) is 0.700. The first-order valence-electron chi connectivity index (χ1n) is 5.00. The van der Waals surface area contributed by atoms with E-state index in [0.717, 1.165) is 18.8 Å². The van der Waals surface area contributed by atoms with Crippen molar-refractivity contribution in [3.8, 4) is 0 Å². The van der Waals surface area contributed by atoms with Crippen molar-refractivity contribution < 1.29 is 0 Å². The quantitative estimate of drug-likeness (QED) is 0.777. The maximum atomic E-state index is 4.43. The van der Waals surface area contributed by atoms with E-state index in [9.17, 15) is 0 Å². The highest BCUT2D eigenvalue weighted by Crippen LogP contribution is 2.21. The van der Waals surface area contributed by atoms with Crippen LogP contribution in [0.4, 0.5) is 5.82 Å². The van der Waals surface area contributed by atoms with Crippen molar-refractivity contribution in [3.63, 3.8) is 0 Å². The lowest BCUT2D eigenvalue weighted by molar-refractivity contribution is 0.730. The van der Waals surface area contributed by atoms with Crippen LogP contribution in [0.1, 0.15) is 18.2 Å². The van der Waals surface area contributed by atoms with Crippen LogP contribution in [-0.4, -0.2) is 30.4 Å². The molecule has 0 aliphatic heterocycles. The molecule has 0 fully saturated rings. The lowest BCUT2D eigenvalue weighted by atomic mass is 10.2. The average molecular weight is 196 g/mol. The minimum absolute atomic E-state index is 0.874. The van der Waals surface area contributed by atoms with Crippen LogP contribution in [0, 0.1) is 6.92 Å². The van der Waals surface area contributed by atoms with Crippen LogP contribution >= 0.6 is 0 Å². The van der Waals surface area contributed by atoms with E-state index in [1.807, 2.05) is 18.8 Å². The summed E-state index contributed by atoms with van der Waals surface area (Å²) in [4.78, 5) is 2.21. The zero-order valence-corrected chi connectivity index (χ0v) is 9.76. The molecule has 1 aromatic heterocycles. The summed E-state index contributed by atoms with van der Waals surface area (Å²) in [5.74, 6) is 1.21. The van der Waals surface area contributed by atoms with Crippen LogP contribution in [0.3, 0.4) is 0 Å². The predicted octanol–water partition coefficient (Wildman–Crippen LogP) is 0.904. The van der Waals surface area contributed by atoms with Crippen LogP contribution < -0.4 is 10.2 Å². The molecule has 0 aromatic carbocycles. The Morgan fingerprint density at radius 2 is 2.14 bits per heavy atom. The molecule has 0 saturated heterocycles. The van der Waals surface area contributed by atoms with Crippen LogP contribution in [0.5, 0.6) is 0 Å².